The standard InChI is InChI=1S/C23H48O/c1-7-21(8-2)17-19(5)13-11-15-23(24)16-12-14-20(6)18-22(9-3)10-4/h19-24H,7-18H2,1-6H3. The molecule has 146 valence electrons. The van der Waals surface area contributed by atoms with Crippen LogP contribution in [0.4, 0.5) is 0 Å². The van der Waals surface area contributed by atoms with Gasteiger partial charge < -0.3 is 5.11 Å². The van der Waals surface area contributed by atoms with Crippen molar-refractivity contribution in [3.63, 3.8) is 0 Å². The third-order valence-electron chi connectivity index (χ3n) is 6.25. The van der Waals surface area contributed by atoms with Crippen molar-refractivity contribution in [2.24, 2.45) is 23.7 Å². The fraction of sp³-hybridized carbons (Fsp3) is 1.00. The second-order valence-electron chi connectivity index (χ2n) is 8.56. The van der Waals surface area contributed by atoms with Gasteiger partial charge in [0.15, 0.2) is 0 Å². The summed E-state index contributed by atoms with van der Waals surface area (Å²) in [5.74, 6) is 3.45. The molecule has 0 aromatic rings. The lowest BCUT2D eigenvalue weighted by atomic mass is 9.87. The molecule has 0 radical (unpaired) electrons. The molecule has 24 heavy (non-hydrogen) atoms. The van der Waals surface area contributed by atoms with Gasteiger partial charge in [-0.2, -0.15) is 0 Å². The van der Waals surface area contributed by atoms with Gasteiger partial charge in [-0.15, -0.1) is 0 Å². The summed E-state index contributed by atoms with van der Waals surface area (Å²) < 4.78 is 0. The van der Waals surface area contributed by atoms with E-state index in [4.69, 9.17) is 0 Å². The molecule has 0 rings (SSSR count). The predicted octanol–water partition coefficient (Wildman–Crippen LogP) is 7.61. The van der Waals surface area contributed by atoms with Crippen molar-refractivity contribution in [3.8, 4) is 0 Å². The Morgan fingerprint density at radius 3 is 1.21 bits per heavy atom. The maximum atomic E-state index is 10.2. The summed E-state index contributed by atoms with van der Waals surface area (Å²) in [4.78, 5) is 0. The van der Waals surface area contributed by atoms with Crippen LogP contribution >= 0.6 is 0 Å². The van der Waals surface area contributed by atoms with Gasteiger partial charge >= 0.3 is 0 Å². The van der Waals surface area contributed by atoms with E-state index in [9.17, 15) is 5.11 Å². The fourth-order valence-corrected chi connectivity index (χ4v) is 4.17. The molecule has 0 aliphatic heterocycles. The van der Waals surface area contributed by atoms with Crippen molar-refractivity contribution in [2.45, 2.75) is 125 Å². The van der Waals surface area contributed by atoms with Gasteiger partial charge in [0.2, 0.25) is 0 Å². The lowest BCUT2D eigenvalue weighted by Crippen LogP contribution is -2.10. The van der Waals surface area contributed by atoms with E-state index in [2.05, 4.69) is 41.5 Å². The molecule has 1 nitrogen and oxygen atoms in total. The molecular formula is C23H48O. The van der Waals surface area contributed by atoms with Crippen LogP contribution in [-0.4, -0.2) is 11.2 Å². The van der Waals surface area contributed by atoms with Crippen molar-refractivity contribution in [2.75, 3.05) is 0 Å². The smallest absolute Gasteiger partial charge is 0.0540 e. The molecule has 0 heterocycles. The molecule has 0 aromatic heterocycles. The molecule has 0 bridgehead atoms. The van der Waals surface area contributed by atoms with E-state index in [1.165, 1.54) is 64.2 Å². The van der Waals surface area contributed by atoms with Crippen molar-refractivity contribution >= 4 is 0 Å². The third kappa shape index (κ3) is 12.3. The summed E-state index contributed by atoms with van der Waals surface area (Å²) in [7, 11) is 0. The Labute approximate surface area is 154 Å². The van der Waals surface area contributed by atoms with Crippen LogP contribution in [0.15, 0.2) is 0 Å². The monoisotopic (exact) mass is 340 g/mol. The van der Waals surface area contributed by atoms with Gasteiger partial charge in [0.1, 0.15) is 0 Å². The van der Waals surface area contributed by atoms with E-state index in [1.54, 1.807) is 0 Å². The van der Waals surface area contributed by atoms with Gasteiger partial charge in [-0.05, 0) is 49.4 Å². The maximum Gasteiger partial charge on any atom is 0.0540 e. The number of aliphatic hydroxyl groups is 1. The fourth-order valence-electron chi connectivity index (χ4n) is 4.17. The highest BCUT2D eigenvalue weighted by Crippen LogP contribution is 2.25. The maximum absolute atomic E-state index is 10.2. The van der Waals surface area contributed by atoms with Crippen LogP contribution < -0.4 is 0 Å². The lowest BCUT2D eigenvalue weighted by molar-refractivity contribution is 0.142. The lowest BCUT2D eigenvalue weighted by Gasteiger charge is -2.20. The van der Waals surface area contributed by atoms with Crippen LogP contribution in [0.3, 0.4) is 0 Å². The van der Waals surface area contributed by atoms with Gasteiger partial charge in [0.25, 0.3) is 0 Å². The zero-order chi connectivity index (χ0) is 18.4. The Kier molecular flexibility index (Phi) is 15.2. The Hall–Kier alpha value is -0.0400. The van der Waals surface area contributed by atoms with E-state index < -0.39 is 0 Å². The van der Waals surface area contributed by atoms with E-state index in [-0.39, 0.29) is 6.10 Å². The van der Waals surface area contributed by atoms with Crippen LogP contribution in [-0.2, 0) is 0 Å². The SMILES string of the molecule is CCC(CC)CC(C)CCCC(O)CCCC(C)CC(CC)CC. The van der Waals surface area contributed by atoms with E-state index in [0.717, 1.165) is 36.5 Å². The molecule has 0 fully saturated rings. The minimum absolute atomic E-state index is 0.0642. The van der Waals surface area contributed by atoms with Crippen LogP contribution in [0.2, 0.25) is 0 Å². The second kappa shape index (κ2) is 15.2. The zero-order valence-corrected chi connectivity index (χ0v) is 17.8. The zero-order valence-electron chi connectivity index (χ0n) is 17.8. The first-order valence-electron chi connectivity index (χ1n) is 11.1. The first-order valence-corrected chi connectivity index (χ1v) is 11.1. The van der Waals surface area contributed by atoms with Crippen molar-refractivity contribution in [1.29, 1.82) is 0 Å². The molecule has 0 saturated carbocycles. The van der Waals surface area contributed by atoms with Gasteiger partial charge in [0, 0.05) is 0 Å². The van der Waals surface area contributed by atoms with E-state index in [1.807, 2.05) is 0 Å². The summed E-state index contributed by atoms with van der Waals surface area (Å²) in [6.45, 7) is 14.0. The highest BCUT2D eigenvalue weighted by atomic mass is 16.3. The number of aliphatic hydroxyl groups excluding tert-OH is 1. The molecule has 0 saturated heterocycles. The van der Waals surface area contributed by atoms with Gasteiger partial charge in [-0.3, -0.25) is 0 Å². The molecule has 0 aliphatic rings. The van der Waals surface area contributed by atoms with Crippen molar-refractivity contribution in [3.05, 3.63) is 0 Å². The summed E-state index contributed by atoms with van der Waals surface area (Å²) in [6.07, 6.45) is 14.9. The quantitative estimate of drug-likeness (QED) is 0.306. The highest BCUT2D eigenvalue weighted by molar-refractivity contribution is 4.65. The van der Waals surface area contributed by atoms with Gasteiger partial charge in [-0.1, -0.05) is 92.9 Å². The average molecular weight is 341 g/mol. The molecule has 2 unspecified atom stereocenters. The molecule has 2 atom stereocenters. The van der Waals surface area contributed by atoms with Crippen LogP contribution in [0, 0.1) is 23.7 Å². The summed E-state index contributed by atoms with van der Waals surface area (Å²) >= 11 is 0. The topological polar surface area (TPSA) is 20.2 Å². The number of hydrogen-bond donors (Lipinski definition) is 1. The number of hydrogen-bond acceptors (Lipinski definition) is 1. The van der Waals surface area contributed by atoms with Gasteiger partial charge in [0.05, 0.1) is 6.10 Å². The van der Waals surface area contributed by atoms with Crippen molar-refractivity contribution < 1.29 is 5.11 Å². The minimum Gasteiger partial charge on any atom is -0.393 e. The third-order valence-corrected chi connectivity index (χ3v) is 6.25. The summed E-state index contributed by atoms with van der Waals surface area (Å²) in [5, 5.41) is 10.2. The summed E-state index contributed by atoms with van der Waals surface area (Å²) in [6, 6.07) is 0. The Morgan fingerprint density at radius 2 is 0.917 bits per heavy atom. The predicted molar refractivity (Wildman–Crippen MR) is 109 cm³/mol. The van der Waals surface area contributed by atoms with Gasteiger partial charge in [-0.25, -0.2) is 0 Å². The normalized spacial score (nSPS) is 15.9. The van der Waals surface area contributed by atoms with Crippen molar-refractivity contribution in [1.82, 2.24) is 0 Å². The minimum atomic E-state index is -0.0642. The molecule has 0 aliphatic carbocycles. The Morgan fingerprint density at radius 1 is 0.583 bits per heavy atom. The van der Waals surface area contributed by atoms with Crippen LogP contribution in [0.25, 0.3) is 0 Å². The highest BCUT2D eigenvalue weighted by Gasteiger charge is 2.13. The van der Waals surface area contributed by atoms with Crippen LogP contribution in [0.1, 0.15) is 119 Å². The van der Waals surface area contributed by atoms with E-state index >= 15 is 0 Å². The summed E-state index contributed by atoms with van der Waals surface area (Å²) in [5.41, 5.74) is 0. The first-order chi connectivity index (χ1) is 11.5. The Balaban J connectivity index is 3.70. The first kappa shape index (κ1) is 24.0. The number of rotatable bonds is 16. The molecular weight excluding hydrogens is 292 g/mol. The molecule has 0 aromatic carbocycles. The van der Waals surface area contributed by atoms with E-state index in [0.29, 0.717) is 0 Å². The molecule has 0 amide bonds. The molecule has 1 N–H and O–H groups in total. The average Bonchev–Trinajstić information content (AvgIpc) is 2.57. The molecule has 0 spiro atoms. The molecule has 1 heteroatoms. The van der Waals surface area contributed by atoms with Crippen LogP contribution in [0.5, 0.6) is 0 Å². The second-order valence-corrected chi connectivity index (χ2v) is 8.56. The largest absolute Gasteiger partial charge is 0.393 e. The Bertz CT molecular complexity index is 229.